The summed E-state index contributed by atoms with van der Waals surface area (Å²) in [5.74, 6) is -1.30. The van der Waals surface area contributed by atoms with Gasteiger partial charge in [-0.25, -0.2) is 0 Å². The van der Waals surface area contributed by atoms with Crippen LogP contribution in [-0.2, 0) is 41.8 Å². The van der Waals surface area contributed by atoms with Crippen LogP contribution in [0.1, 0.15) is 65.2 Å². The largest absolute Gasteiger partial charge is 1.00 e. The summed E-state index contributed by atoms with van der Waals surface area (Å²) >= 11 is 0. The molecule has 20 heteroatoms. The minimum absolute atomic E-state index is 0. The molecule has 0 radical (unpaired) electrons. The molecule has 41 heavy (non-hydrogen) atoms. The quantitative estimate of drug-likeness (QED) is 0.0398. The van der Waals surface area contributed by atoms with Crippen LogP contribution in [0.4, 0.5) is 0 Å². The fourth-order valence-electron chi connectivity index (χ4n) is 3.60. The van der Waals surface area contributed by atoms with Crippen molar-refractivity contribution >= 4 is 27.6 Å². The summed E-state index contributed by atoms with van der Waals surface area (Å²) in [6, 6.07) is 0. The minimum atomic E-state index is -5.54. The predicted octanol–water partition coefficient (Wildman–Crippen LogP) is -7.22. The van der Waals surface area contributed by atoms with E-state index in [1.165, 1.54) is 0 Å². The minimum Gasteiger partial charge on any atom is -0.756 e. The number of carbonyl (C=O) groups is 2. The zero-order valence-electron chi connectivity index (χ0n) is 23.7. The number of ether oxygens (including phenoxy) is 2. The van der Waals surface area contributed by atoms with E-state index in [9.17, 15) is 48.9 Å². The molecular formula is C21H38Na2O16P2. The van der Waals surface area contributed by atoms with Crippen LogP contribution in [0.5, 0.6) is 0 Å². The molecule has 1 rings (SSSR count). The number of carbonyl (C=O) groups excluding carboxylic acids is 2. The van der Waals surface area contributed by atoms with E-state index in [2.05, 4.69) is 13.6 Å². The molecule has 4 unspecified atom stereocenters. The summed E-state index contributed by atoms with van der Waals surface area (Å²) in [5, 5.41) is 40.3. The molecule has 9 atom stereocenters. The molecule has 0 saturated heterocycles. The Bertz CT molecular complexity index is 845. The molecule has 0 aliphatic heterocycles. The van der Waals surface area contributed by atoms with Crippen molar-refractivity contribution in [2.24, 2.45) is 0 Å². The van der Waals surface area contributed by atoms with Gasteiger partial charge in [0.1, 0.15) is 43.2 Å². The molecule has 230 valence electrons. The van der Waals surface area contributed by atoms with Gasteiger partial charge in [0.05, 0.1) is 6.61 Å². The monoisotopic (exact) mass is 654 g/mol. The Morgan fingerprint density at radius 3 is 1.63 bits per heavy atom. The zero-order valence-corrected chi connectivity index (χ0v) is 29.5. The standard InChI is InChI=1S/C21H40O16P2.2Na/c1-3-5-7-9-14(22)33-11-13(35-15(23)10-8-6-4-2)12-34-39(31,32)37-21-18(26)16(24)20(17(25)19(21)27)36-38(28,29)30;;/h13,16-21,24-27H,3-12H2,1-2H3,(H,31,32)(H2,28,29,30);;/q;2*+1/p-2/t13-,16-,17+,18-,19-,20?,21?;;/m1../s1. The molecule has 1 saturated carbocycles. The van der Waals surface area contributed by atoms with Gasteiger partial charge in [-0.05, 0) is 12.8 Å². The maximum atomic E-state index is 12.4. The molecule has 0 aromatic rings. The number of hydrogen-bond donors (Lipinski definition) is 5. The maximum Gasteiger partial charge on any atom is 1.00 e. The summed E-state index contributed by atoms with van der Waals surface area (Å²) in [5.41, 5.74) is 0. The Kier molecular flexibility index (Phi) is 23.3. The van der Waals surface area contributed by atoms with Gasteiger partial charge in [0, 0.05) is 12.8 Å². The molecule has 1 fully saturated rings. The summed E-state index contributed by atoms with van der Waals surface area (Å²) in [7, 11) is -11.0. The number of rotatable bonds is 18. The molecule has 1 aliphatic carbocycles. The SMILES string of the molecule is CCCCCC(=O)OC[C@H](COP(=O)([O-])OC1[C@H](O)[C@H](O)C(OP(=O)([O-])O)[C@H](O)[C@H]1O)OC(=O)CCCCC.[Na+].[Na+]. The molecule has 0 bridgehead atoms. The van der Waals surface area contributed by atoms with Gasteiger partial charge in [-0.3, -0.25) is 18.7 Å². The number of phosphoric acid groups is 2. The molecule has 0 aromatic carbocycles. The Hall–Kier alpha value is 1.00. The van der Waals surface area contributed by atoms with E-state index < -0.39 is 83.5 Å². The molecule has 0 aromatic heterocycles. The Morgan fingerprint density at radius 2 is 1.20 bits per heavy atom. The van der Waals surface area contributed by atoms with Gasteiger partial charge >= 0.3 is 71.1 Å². The van der Waals surface area contributed by atoms with Crippen molar-refractivity contribution in [2.45, 2.75) is 108 Å². The van der Waals surface area contributed by atoms with Gasteiger partial charge in [0.15, 0.2) is 6.10 Å². The van der Waals surface area contributed by atoms with Crippen molar-refractivity contribution in [3.63, 3.8) is 0 Å². The van der Waals surface area contributed by atoms with E-state index in [0.717, 1.165) is 25.7 Å². The van der Waals surface area contributed by atoms with Crippen molar-refractivity contribution in [3.8, 4) is 0 Å². The number of phosphoric ester groups is 2. The van der Waals surface area contributed by atoms with Crippen LogP contribution < -0.4 is 68.9 Å². The number of unbranched alkanes of at least 4 members (excludes halogenated alkanes) is 4. The van der Waals surface area contributed by atoms with Crippen LogP contribution in [-0.4, -0.2) is 93.2 Å². The average molecular weight is 654 g/mol. The first-order valence-corrected chi connectivity index (χ1v) is 15.5. The normalized spacial score (nSPS) is 27.7. The molecule has 0 heterocycles. The van der Waals surface area contributed by atoms with Crippen molar-refractivity contribution in [1.82, 2.24) is 0 Å². The van der Waals surface area contributed by atoms with Crippen LogP contribution in [0.2, 0.25) is 0 Å². The number of hydrogen-bond acceptors (Lipinski definition) is 15. The van der Waals surface area contributed by atoms with Crippen molar-refractivity contribution in [2.75, 3.05) is 13.2 Å². The van der Waals surface area contributed by atoms with Crippen LogP contribution >= 0.6 is 15.6 Å². The van der Waals surface area contributed by atoms with Crippen LogP contribution in [0.25, 0.3) is 0 Å². The van der Waals surface area contributed by atoms with E-state index in [0.29, 0.717) is 12.8 Å². The van der Waals surface area contributed by atoms with Gasteiger partial charge in [-0.2, -0.15) is 0 Å². The predicted molar refractivity (Wildman–Crippen MR) is 126 cm³/mol. The number of aliphatic hydroxyl groups excluding tert-OH is 4. The van der Waals surface area contributed by atoms with E-state index in [1.807, 2.05) is 13.8 Å². The topological polar surface area (TPSA) is 262 Å². The smallest absolute Gasteiger partial charge is 0.756 e. The maximum absolute atomic E-state index is 12.4. The van der Waals surface area contributed by atoms with E-state index >= 15 is 0 Å². The Labute approximate surface area is 282 Å². The van der Waals surface area contributed by atoms with Gasteiger partial charge in [0.25, 0.3) is 15.6 Å². The number of aliphatic hydroxyl groups is 4. The summed E-state index contributed by atoms with van der Waals surface area (Å²) in [6.45, 7) is 2.44. The van der Waals surface area contributed by atoms with Gasteiger partial charge < -0.3 is 58.2 Å². The van der Waals surface area contributed by atoms with E-state index in [1.54, 1.807) is 0 Å². The van der Waals surface area contributed by atoms with Gasteiger partial charge in [-0.15, -0.1) is 0 Å². The second-order valence-corrected chi connectivity index (χ2v) is 11.5. The first-order chi connectivity index (χ1) is 18.1. The zero-order chi connectivity index (χ0) is 29.8. The molecule has 0 amide bonds. The van der Waals surface area contributed by atoms with Crippen LogP contribution in [0.15, 0.2) is 0 Å². The molecule has 16 nitrogen and oxygen atoms in total. The third kappa shape index (κ3) is 17.3. The van der Waals surface area contributed by atoms with Crippen molar-refractivity contribution in [3.05, 3.63) is 0 Å². The Balaban J connectivity index is 0. The molecule has 0 spiro atoms. The Morgan fingerprint density at radius 1 is 0.756 bits per heavy atom. The number of esters is 2. The van der Waals surface area contributed by atoms with E-state index in [4.69, 9.17) is 14.4 Å². The molecular weight excluding hydrogens is 616 g/mol. The second kappa shape index (κ2) is 21.7. The summed E-state index contributed by atoms with van der Waals surface area (Å²) in [6.07, 6.45) is -10.8. The third-order valence-electron chi connectivity index (χ3n) is 5.67. The first-order valence-electron chi connectivity index (χ1n) is 12.5. The van der Waals surface area contributed by atoms with Crippen molar-refractivity contribution in [1.29, 1.82) is 0 Å². The second-order valence-electron chi connectivity index (χ2n) is 9.02. The van der Waals surface area contributed by atoms with Crippen molar-refractivity contribution < 1.29 is 136 Å². The average Bonchev–Trinajstić information content (AvgIpc) is 2.85. The van der Waals surface area contributed by atoms with Gasteiger partial charge in [0.2, 0.25) is 0 Å². The first kappa shape index (κ1) is 44.1. The fourth-order valence-corrected chi connectivity index (χ4v) is 5.11. The molecule has 5 N–H and O–H groups in total. The van der Waals surface area contributed by atoms with Crippen LogP contribution in [0.3, 0.4) is 0 Å². The van der Waals surface area contributed by atoms with Crippen LogP contribution in [0, 0.1) is 0 Å². The fraction of sp³-hybridized carbons (Fsp3) is 0.905. The third-order valence-corrected chi connectivity index (χ3v) is 7.14. The summed E-state index contributed by atoms with van der Waals surface area (Å²) in [4.78, 5) is 56.2. The van der Waals surface area contributed by atoms with E-state index in [-0.39, 0.29) is 72.0 Å². The molecule has 1 aliphatic rings. The summed E-state index contributed by atoms with van der Waals surface area (Å²) < 4.78 is 46.9. The van der Waals surface area contributed by atoms with Gasteiger partial charge in [-0.1, -0.05) is 39.5 Å².